The number of piperazine rings is 1. The molecule has 0 radical (unpaired) electrons. The van der Waals surface area contributed by atoms with E-state index >= 15 is 0 Å². The van der Waals surface area contributed by atoms with E-state index < -0.39 is 5.91 Å². The Morgan fingerprint density at radius 2 is 1.73 bits per heavy atom. The van der Waals surface area contributed by atoms with Gasteiger partial charge in [-0.15, -0.1) is 0 Å². The molecule has 2 amide bonds. The Bertz CT molecular complexity index is 795. The highest BCUT2D eigenvalue weighted by Gasteiger charge is 2.24. The summed E-state index contributed by atoms with van der Waals surface area (Å²) in [6, 6.07) is 6.69. The van der Waals surface area contributed by atoms with Crippen LogP contribution in [0.3, 0.4) is 0 Å². The van der Waals surface area contributed by atoms with Crippen LogP contribution in [-0.2, 0) is 9.59 Å². The second-order valence-electron chi connectivity index (χ2n) is 5.74. The number of benzene rings is 1. The highest BCUT2D eigenvalue weighted by atomic mass is 35.5. The predicted octanol–water partition coefficient (Wildman–Crippen LogP) is 2.46. The van der Waals surface area contributed by atoms with Gasteiger partial charge in [-0.1, -0.05) is 29.3 Å². The first-order valence-electron chi connectivity index (χ1n) is 8.08. The van der Waals surface area contributed by atoms with Crippen LogP contribution < -0.4 is 10.2 Å². The number of rotatable bonds is 4. The highest BCUT2D eigenvalue weighted by Crippen LogP contribution is 2.29. The maximum Gasteiger partial charge on any atom is 0.233 e. The van der Waals surface area contributed by atoms with Crippen molar-refractivity contribution in [3.8, 4) is 0 Å². The average molecular weight is 394 g/mol. The van der Waals surface area contributed by atoms with E-state index in [2.05, 4.69) is 15.3 Å². The number of nitrogens with zero attached hydrogens (tertiary/aromatic N) is 4. The zero-order valence-electron chi connectivity index (χ0n) is 13.9. The molecule has 3 rings (SSSR count). The van der Waals surface area contributed by atoms with E-state index in [1.54, 1.807) is 41.6 Å². The molecule has 1 aromatic heterocycles. The minimum absolute atomic E-state index is 0.228. The summed E-state index contributed by atoms with van der Waals surface area (Å²) in [5, 5.41) is 3.22. The molecule has 0 bridgehead atoms. The summed E-state index contributed by atoms with van der Waals surface area (Å²) in [7, 11) is 0. The van der Waals surface area contributed by atoms with Gasteiger partial charge in [-0.25, -0.2) is 9.97 Å². The Balaban J connectivity index is 1.51. The Morgan fingerprint density at radius 1 is 1.04 bits per heavy atom. The van der Waals surface area contributed by atoms with Crippen LogP contribution in [0.1, 0.15) is 6.42 Å². The zero-order chi connectivity index (χ0) is 18.5. The molecule has 9 heteroatoms. The van der Waals surface area contributed by atoms with Crippen molar-refractivity contribution in [2.75, 3.05) is 36.4 Å². The van der Waals surface area contributed by atoms with Gasteiger partial charge in [0, 0.05) is 38.6 Å². The molecular formula is C17H17Cl2N5O2. The first-order chi connectivity index (χ1) is 12.5. The third-order valence-corrected chi connectivity index (χ3v) is 4.82. The number of halogens is 2. The van der Waals surface area contributed by atoms with Gasteiger partial charge in [-0.05, 0) is 18.2 Å². The van der Waals surface area contributed by atoms with Gasteiger partial charge in [0.05, 0.1) is 15.7 Å². The Kier molecular flexibility index (Phi) is 5.90. The molecular weight excluding hydrogens is 377 g/mol. The normalized spacial score (nSPS) is 14.2. The fraction of sp³-hybridized carbons (Fsp3) is 0.294. The summed E-state index contributed by atoms with van der Waals surface area (Å²) < 4.78 is 0. The lowest BCUT2D eigenvalue weighted by molar-refractivity contribution is -0.134. The smallest absolute Gasteiger partial charge is 0.233 e. The van der Waals surface area contributed by atoms with E-state index in [0.717, 1.165) is 0 Å². The van der Waals surface area contributed by atoms with Crippen molar-refractivity contribution in [2.24, 2.45) is 0 Å². The number of anilines is 2. The Morgan fingerprint density at radius 3 is 2.42 bits per heavy atom. The monoisotopic (exact) mass is 393 g/mol. The van der Waals surface area contributed by atoms with Crippen LogP contribution in [-0.4, -0.2) is 52.9 Å². The largest absolute Gasteiger partial charge is 0.339 e. The molecule has 2 heterocycles. The molecule has 0 aliphatic carbocycles. The molecule has 1 aliphatic rings. The highest BCUT2D eigenvalue weighted by molar-refractivity contribution is 6.44. The van der Waals surface area contributed by atoms with Gasteiger partial charge in [-0.3, -0.25) is 9.59 Å². The Hall–Kier alpha value is -2.38. The van der Waals surface area contributed by atoms with Crippen LogP contribution in [0, 0.1) is 0 Å². The third kappa shape index (κ3) is 4.42. The molecule has 1 saturated heterocycles. The van der Waals surface area contributed by atoms with Crippen molar-refractivity contribution in [2.45, 2.75) is 6.42 Å². The van der Waals surface area contributed by atoms with E-state index in [0.29, 0.717) is 42.8 Å². The first kappa shape index (κ1) is 18.4. The minimum atomic E-state index is -0.423. The fourth-order valence-electron chi connectivity index (χ4n) is 2.65. The second kappa shape index (κ2) is 8.33. The van der Waals surface area contributed by atoms with Gasteiger partial charge < -0.3 is 15.1 Å². The lowest BCUT2D eigenvalue weighted by atomic mass is 10.2. The first-order valence-corrected chi connectivity index (χ1v) is 8.84. The SMILES string of the molecule is O=C(CC(=O)N1CCN(c2ncccn2)CC1)Nc1cccc(Cl)c1Cl. The van der Waals surface area contributed by atoms with Crippen molar-refractivity contribution < 1.29 is 9.59 Å². The quantitative estimate of drug-likeness (QED) is 0.807. The van der Waals surface area contributed by atoms with E-state index in [9.17, 15) is 9.59 Å². The maximum atomic E-state index is 12.4. The van der Waals surface area contributed by atoms with Gasteiger partial charge >= 0.3 is 0 Å². The molecule has 7 nitrogen and oxygen atoms in total. The van der Waals surface area contributed by atoms with Crippen molar-refractivity contribution in [1.29, 1.82) is 0 Å². The van der Waals surface area contributed by atoms with Gasteiger partial charge in [-0.2, -0.15) is 0 Å². The summed E-state index contributed by atoms with van der Waals surface area (Å²) >= 11 is 12.0. The van der Waals surface area contributed by atoms with Crippen LogP contribution in [0.15, 0.2) is 36.7 Å². The number of carbonyl (C=O) groups is 2. The Labute approximate surface area is 160 Å². The molecule has 136 valence electrons. The molecule has 0 unspecified atom stereocenters. The number of carbonyl (C=O) groups excluding carboxylic acids is 2. The van der Waals surface area contributed by atoms with Crippen molar-refractivity contribution in [1.82, 2.24) is 14.9 Å². The van der Waals surface area contributed by atoms with Crippen molar-refractivity contribution >= 4 is 46.7 Å². The molecule has 2 aromatic rings. The third-order valence-electron chi connectivity index (χ3n) is 4.00. The summed E-state index contributed by atoms with van der Waals surface area (Å²) in [6.45, 7) is 2.28. The number of amides is 2. The van der Waals surface area contributed by atoms with Crippen molar-refractivity contribution in [3.63, 3.8) is 0 Å². The van der Waals surface area contributed by atoms with Gasteiger partial charge in [0.25, 0.3) is 0 Å². The van der Waals surface area contributed by atoms with E-state index in [4.69, 9.17) is 23.2 Å². The minimum Gasteiger partial charge on any atom is -0.339 e. The zero-order valence-corrected chi connectivity index (χ0v) is 15.4. The summed E-state index contributed by atoms with van der Waals surface area (Å²) in [5.74, 6) is -0.00444. The van der Waals surface area contributed by atoms with Crippen LogP contribution in [0.4, 0.5) is 11.6 Å². The molecule has 1 fully saturated rings. The van der Waals surface area contributed by atoms with Crippen LogP contribution in [0.25, 0.3) is 0 Å². The fourth-order valence-corrected chi connectivity index (χ4v) is 3.00. The van der Waals surface area contributed by atoms with Gasteiger partial charge in [0.2, 0.25) is 17.8 Å². The molecule has 0 spiro atoms. The molecule has 1 N–H and O–H groups in total. The number of nitrogens with one attached hydrogen (secondary N) is 1. The standard InChI is InChI=1S/C17H17Cl2N5O2/c18-12-3-1-4-13(16(12)19)22-14(25)11-15(26)23-7-9-24(10-8-23)17-20-5-2-6-21-17/h1-6H,7-11H2,(H,22,25). The molecule has 26 heavy (non-hydrogen) atoms. The second-order valence-corrected chi connectivity index (χ2v) is 6.53. The maximum absolute atomic E-state index is 12.4. The van der Waals surface area contributed by atoms with Crippen LogP contribution >= 0.6 is 23.2 Å². The van der Waals surface area contributed by atoms with E-state index in [1.165, 1.54) is 0 Å². The number of aromatic nitrogens is 2. The lowest BCUT2D eigenvalue weighted by Crippen LogP contribution is -2.49. The molecule has 0 atom stereocenters. The number of hydrogen-bond donors (Lipinski definition) is 1. The lowest BCUT2D eigenvalue weighted by Gasteiger charge is -2.34. The predicted molar refractivity (Wildman–Crippen MR) is 101 cm³/mol. The average Bonchev–Trinajstić information content (AvgIpc) is 2.66. The van der Waals surface area contributed by atoms with E-state index in [-0.39, 0.29) is 17.4 Å². The molecule has 1 aromatic carbocycles. The van der Waals surface area contributed by atoms with Gasteiger partial charge in [0.15, 0.2) is 0 Å². The topological polar surface area (TPSA) is 78.4 Å². The summed E-state index contributed by atoms with van der Waals surface area (Å²) in [6.07, 6.45) is 3.13. The van der Waals surface area contributed by atoms with Crippen LogP contribution in [0.2, 0.25) is 10.0 Å². The molecule has 1 aliphatic heterocycles. The molecule has 0 saturated carbocycles. The van der Waals surface area contributed by atoms with Crippen LogP contribution in [0.5, 0.6) is 0 Å². The van der Waals surface area contributed by atoms with E-state index in [1.807, 2.05) is 4.90 Å². The summed E-state index contributed by atoms with van der Waals surface area (Å²) in [5.41, 5.74) is 0.392. The number of hydrogen-bond acceptors (Lipinski definition) is 5. The van der Waals surface area contributed by atoms with Crippen molar-refractivity contribution in [3.05, 3.63) is 46.7 Å². The summed E-state index contributed by atoms with van der Waals surface area (Å²) in [4.78, 5) is 36.6. The van der Waals surface area contributed by atoms with Gasteiger partial charge in [0.1, 0.15) is 6.42 Å².